The largest absolute Gasteiger partial charge is 0.149 e. The lowest BCUT2D eigenvalue weighted by atomic mass is 10.1. The molecule has 0 nitrogen and oxygen atoms in total. The number of aryl methyl sites for hydroxylation is 2. The number of halogens is 1. The molecule has 1 aromatic heterocycles. The van der Waals surface area contributed by atoms with Crippen molar-refractivity contribution in [3.8, 4) is 0 Å². The number of hydrogen-bond donors (Lipinski definition) is 0. The fraction of sp³-hybridized carbons (Fsp3) is 0.333. The fourth-order valence-electron chi connectivity index (χ4n) is 1.83. The second-order valence-electron chi connectivity index (χ2n) is 4.41. The van der Waals surface area contributed by atoms with Crippen LogP contribution in [0.3, 0.4) is 0 Å². The van der Waals surface area contributed by atoms with Crippen molar-refractivity contribution in [1.29, 1.82) is 0 Å². The first-order valence-corrected chi connectivity index (χ1v) is 7.75. The molecule has 1 unspecified atom stereocenters. The third-order valence-corrected chi connectivity index (χ3v) is 4.55. The average molecular weight is 309 g/mol. The predicted molar refractivity (Wildman–Crippen MR) is 80.2 cm³/mol. The zero-order valence-corrected chi connectivity index (χ0v) is 12.4. The lowest BCUT2D eigenvalue weighted by molar-refractivity contribution is 0.769. The van der Waals surface area contributed by atoms with Gasteiger partial charge in [-0.1, -0.05) is 51.8 Å². The Morgan fingerprint density at radius 2 is 1.94 bits per heavy atom. The normalized spacial score (nSPS) is 12.6. The van der Waals surface area contributed by atoms with E-state index in [1.807, 2.05) is 11.3 Å². The van der Waals surface area contributed by atoms with E-state index in [0.29, 0.717) is 4.83 Å². The minimum Gasteiger partial charge on any atom is -0.149 e. The highest BCUT2D eigenvalue weighted by molar-refractivity contribution is 9.09. The molecule has 2 rings (SSSR count). The van der Waals surface area contributed by atoms with E-state index >= 15 is 0 Å². The Balaban J connectivity index is 1.79. The van der Waals surface area contributed by atoms with Gasteiger partial charge >= 0.3 is 0 Å². The van der Waals surface area contributed by atoms with Gasteiger partial charge in [0.2, 0.25) is 0 Å². The zero-order chi connectivity index (χ0) is 12.1. The predicted octanol–water partition coefficient (Wildman–Crippen LogP) is 5.00. The number of alkyl halides is 1. The van der Waals surface area contributed by atoms with Gasteiger partial charge in [-0.3, -0.25) is 0 Å². The lowest BCUT2D eigenvalue weighted by Gasteiger charge is -2.08. The summed E-state index contributed by atoms with van der Waals surface area (Å²) in [6.07, 6.45) is 3.49. The number of benzene rings is 1. The third kappa shape index (κ3) is 4.29. The summed E-state index contributed by atoms with van der Waals surface area (Å²) in [5.41, 5.74) is 2.77. The van der Waals surface area contributed by atoms with Crippen LogP contribution >= 0.6 is 27.3 Å². The van der Waals surface area contributed by atoms with Crippen molar-refractivity contribution in [2.24, 2.45) is 0 Å². The Morgan fingerprint density at radius 1 is 1.18 bits per heavy atom. The highest BCUT2D eigenvalue weighted by atomic mass is 79.9. The second kappa shape index (κ2) is 6.36. The second-order valence-corrected chi connectivity index (χ2v) is 6.73. The van der Waals surface area contributed by atoms with Crippen molar-refractivity contribution >= 4 is 27.3 Å². The average Bonchev–Trinajstić information content (AvgIpc) is 2.81. The smallest absolute Gasteiger partial charge is 0.0197 e. The molecule has 0 aliphatic heterocycles. The summed E-state index contributed by atoms with van der Waals surface area (Å²) in [4.78, 5) is 2.05. The highest BCUT2D eigenvalue weighted by Crippen LogP contribution is 2.19. The molecule has 2 aromatic rings. The Kier molecular flexibility index (Phi) is 4.81. The van der Waals surface area contributed by atoms with Gasteiger partial charge in [-0.2, -0.15) is 0 Å². The fourth-order valence-corrected chi connectivity index (χ4v) is 3.41. The van der Waals surface area contributed by atoms with E-state index in [1.54, 1.807) is 0 Å². The van der Waals surface area contributed by atoms with Crippen molar-refractivity contribution in [3.63, 3.8) is 0 Å². The van der Waals surface area contributed by atoms with Crippen LogP contribution in [0.5, 0.6) is 0 Å². The van der Waals surface area contributed by atoms with Crippen molar-refractivity contribution < 1.29 is 0 Å². The van der Waals surface area contributed by atoms with Crippen LogP contribution < -0.4 is 0 Å². The van der Waals surface area contributed by atoms with Gasteiger partial charge in [0, 0.05) is 9.70 Å². The van der Waals surface area contributed by atoms with Gasteiger partial charge in [0.15, 0.2) is 0 Å². The van der Waals surface area contributed by atoms with Crippen LogP contribution in [0.15, 0.2) is 41.8 Å². The van der Waals surface area contributed by atoms with Crippen LogP contribution in [0.1, 0.15) is 22.4 Å². The maximum atomic E-state index is 3.78. The van der Waals surface area contributed by atoms with E-state index in [-0.39, 0.29) is 0 Å². The summed E-state index contributed by atoms with van der Waals surface area (Å²) in [6.45, 7) is 2.13. The molecule has 90 valence electrons. The van der Waals surface area contributed by atoms with Gasteiger partial charge in [0.1, 0.15) is 0 Å². The first kappa shape index (κ1) is 12.8. The Labute approximate surface area is 116 Å². The maximum absolute atomic E-state index is 3.78. The van der Waals surface area contributed by atoms with Gasteiger partial charge in [-0.05, 0) is 43.2 Å². The number of rotatable bonds is 5. The van der Waals surface area contributed by atoms with Crippen molar-refractivity contribution in [2.75, 3.05) is 0 Å². The van der Waals surface area contributed by atoms with E-state index < -0.39 is 0 Å². The highest BCUT2D eigenvalue weighted by Gasteiger charge is 2.06. The van der Waals surface area contributed by atoms with Crippen molar-refractivity contribution in [3.05, 3.63) is 57.8 Å². The van der Waals surface area contributed by atoms with E-state index in [1.165, 1.54) is 22.4 Å². The summed E-state index contributed by atoms with van der Waals surface area (Å²) < 4.78 is 0. The van der Waals surface area contributed by atoms with Crippen LogP contribution in [0.25, 0.3) is 0 Å². The van der Waals surface area contributed by atoms with Crippen LogP contribution in [-0.4, -0.2) is 4.83 Å². The van der Waals surface area contributed by atoms with Crippen LogP contribution in [0.4, 0.5) is 0 Å². The van der Waals surface area contributed by atoms with Gasteiger partial charge in [-0.25, -0.2) is 0 Å². The van der Waals surface area contributed by atoms with Crippen LogP contribution in [-0.2, 0) is 12.8 Å². The summed E-state index contributed by atoms with van der Waals surface area (Å²) in [7, 11) is 0. The van der Waals surface area contributed by atoms with Gasteiger partial charge in [-0.15, -0.1) is 11.3 Å². The molecule has 0 amide bonds. The molecule has 0 N–H and O–H groups in total. The molecule has 1 aromatic carbocycles. The van der Waals surface area contributed by atoms with E-state index in [4.69, 9.17) is 0 Å². The maximum Gasteiger partial charge on any atom is 0.0197 e. The van der Waals surface area contributed by atoms with Gasteiger partial charge in [0.25, 0.3) is 0 Å². The van der Waals surface area contributed by atoms with Gasteiger partial charge in [0.05, 0.1) is 0 Å². The molecular weight excluding hydrogens is 292 g/mol. The molecule has 0 aliphatic rings. The first-order valence-electron chi connectivity index (χ1n) is 5.96. The molecule has 2 heteroatoms. The quantitative estimate of drug-likeness (QED) is 0.682. The summed E-state index contributed by atoms with van der Waals surface area (Å²) in [5.74, 6) is 0. The lowest BCUT2D eigenvalue weighted by Crippen LogP contribution is -2.03. The van der Waals surface area contributed by atoms with E-state index in [2.05, 4.69) is 64.6 Å². The molecule has 0 radical (unpaired) electrons. The van der Waals surface area contributed by atoms with E-state index in [0.717, 1.165) is 12.8 Å². The van der Waals surface area contributed by atoms with Gasteiger partial charge < -0.3 is 0 Å². The van der Waals surface area contributed by atoms with E-state index in [9.17, 15) is 0 Å². The molecule has 0 aliphatic carbocycles. The summed E-state index contributed by atoms with van der Waals surface area (Å²) in [6, 6.07) is 13.2. The molecule has 17 heavy (non-hydrogen) atoms. The molecule has 0 spiro atoms. The number of hydrogen-bond acceptors (Lipinski definition) is 1. The molecular formula is C15H17BrS. The number of thiophene rings is 1. The summed E-state index contributed by atoms with van der Waals surface area (Å²) >= 11 is 5.62. The van der Waals surface area contributed by atoms with Crippen molar-refractivity contribution in [2.45, 2.75) is 31.0 Å². The monoisotopic (exact) mass is 308 g/mol. The molecule has 0 bridgehead atoms. The summed E-state index contributed by atoms with van der Waals surface area (Å²) in [5, 5.41) is 2.15. The molecule has 0 saturated heterocycles. The molecule has 1 heterocycles. The molecule has 0 saturated carbocycles. The Hall–Kier alpha value is -0.600. The SMILES string of the molecule is Cc1ccc(CCC(Br)Cc2cccs2)cc1. The first-order chi connectivity index (χ1) is 8.24. The standard InChI is InChI=1S/C15H17BrS/c1-12-4-6-13(7-5-12)8-9-14(16)11-15-3-2-10-17-15/h2-7,10,14H,8-9,11H2,1H3. The minimum absolute atomic E-state index is 0.586. The minimum atomic E-state index is 0.586. The topological polar surface area (TPSA) is 0 Å². The van der Waals surface area contributed by atoms with Crippen molar-refractivity contribution in [1.82, 2.24) is 0 Å². The Morgan fingerprint density at radius 3 is 2.59 bits per heavy atom. The third-order valence-electron chi connectivity index (χ3n) is 2.87. The Bertz CT molecular complexity index is 430. The zero-order valence-electron chi connectivity index (χ0n) is 10.0. The molecule has 0 fully saturated rings. The molecule has 1 atom stereocenters. The van der Waals surface area contributed by atoms with Crippen LogP contribution in [0.2, 0.25) is 0 Å². The van der Waals surface area contributed by atoms with Crippen LogP contribution in [0, 0.1) is 6.92 Å².